The molecule has 0 saturated heterocycles. The molecule has 0 unspecified atom stereocenters. The van der Waals surface area contributed by atoms with Crippen molar-refractivity contribution in [1.29, 1.82) is 0 Å². The number of aromatic nitrogens is 1. The highest BCUT2D eigenvalue weighted by Crippen LogP contribution is 2.19. The molecule has 0 bridgehead atoms. The third-order valence-corrected chi connectivity index (χ3v) is 3.60. The van der Waals surface area contributed by atoms with E-state index in [9.17, 15) is 0 Å². The van der Waals surface area contributed by atoms with Crippen molar-refractivity contribution in [2.45, 2.75) is 53.1 Å². The zero-order chi connectivity index (χ0) is 12.9. The largest absolute Gasteiger partial charge is 0.381 e. The standard InChI is InChI=1S/C13H24N2OS/c1-6-16-8-7-12-15-10(2)11(17-12)9-14-13(3,4)5/h14H,6-9H2,1-5H3. The van der Waals surface area contributed by atoms with E-state index >= 15 is 0 Å². The van der Waals surface area contributed by atoms with Crippen LogP contribution in [0.1, 0.15) is 43.3 Å². The first-order valence-electron chi connectivity index (χ1n) is 6.20. The summed E-state index contributed by atoms with van der Waals surface area (Å²) in [5, 5.41) is 4.68. The minimum atomic E-state index is 0.155. The van der Waals surface area contributed by atoms with Crippen LogP contribution in [0.15, 0.2) is 0 Å². The number of nitrogens with zero attached hydrogens (tertiary/aromatic N) is 1. The van der Waals surface area contributed by atoms with Crippen LogP contribution in [0.2, 0.25) is 0 Å². The summed E-state index contributed by atoms with van der Waals surface area (Å²) in [5.74, 6) is 0. The first-order chi connectivity index (χ1) is 7.92. The molecule has 1 N–H and O–H groups in total. The van der Waals surface area contributed by atoms with Crippen molar-refractivity contribution in [2.24, 2.45) is 0 Å². The van der Waals surface area contributed by atoms with Crippen LogP contribution in [0.3, 0.4) is 0 Å². The highest BCUT2D eigenvalue weighted by molar-refractivity contribution is 7.11. The number of hydrogen-bond acceptors (Lipinski definition) is 4. The predicted molar refractivity (Wildman–Crippen MR) is 73.6 cm³/mol. The van der Waals surface area contributed by atoms with Gasteiger partial charge in [-0.2, -0.15) is 0 Å². The first-order valence-corrected chi connectivity index (χ1v) is 7.02. The molecule has 1 heterocycles. The molecule has 0 atom stereocenters. The van der Waals surface area contributed by atoms with Crippen molar-refractivity contribution < 1.29 is 4.74 Å². The van der Waals surface area contributed by atoms with Gasteiger partial charge < -0.3 is 10.1 Å². The molecule has 1 aromatic rings. The zero-order valence-electron chi connectivity index (χ0n) is 11.6. The van der Waals surface area contributed by atoms with E-state index in [0.717, 1.165) is 31.9 Å². The molecule has 0 spiro atoms. The van der Waals surface area contributed by atoms with Gasteiger partial charge in [-0.15, -0.1) is 11.3 Å². The van der Waals surface area contributed by atoms with Gasteiger partial charge in [-0.3, -0.25) is 0 Å². The van der Waals surface area contributed by atoms with Crippen molar-refractivity contribution >= 4 is 11.3 Å². The second kappa shape index (κ2) is 6.47. The van der Waals surface area contributed by atoms with E-state index in [1.807, 2.05) is 6.92 Å². The van der Waals surface area contributed by atoms with Crippen molar-refractivity contribution in [2.75, 3.05) is 13.2 Å². The molecule has 0 fully saturated rings. The van der Waals surface area contributed by atoms with E-state index in [4.69, 9.17) is 4.74 Å². The maximum absolute atomic E-state index is 5.35. The van der Waals surface area contributed by atoms with E-state index in [-0.39, 0.29) is 5.54 Å². The number of thiazole rings is 1. The molecule has 0 aliphatic carbocycles. The molecule has 3 nitrogen and oxygen atoms in total. The van der Waals surface area contributed by atoms with Gasteiger partial charge in [-0.25, -0.2) is 4.98 Å². The Kier molecular flexibility index (Phi) is 5.56. The Balaban J connectivity index is 2.50. The van der Waals surface area contributed by atoms with E-state index < -0.39 is 0 Å². The van der Waals surface area contributed by atoms with Gasteiger partial charge in [0.2, 0.25) is 0 Å². The lowest BCUT2D eigenvalue weighted by atomic mass is 10.1. The van der Waals surface area contributed by atoms with E-state index in [1.54, 1.807) is 11.3 Å². The molecule has 0 radical (unpaired) electrons. The van der Waals surface area contributed by atoms with Gasteiger partial charge in [-0.1, -0.05) is 0 Å². The number of nitrogens with one attached hydrogen (secondary N) is 1. The highest BCUT2D eigenvalue weighted by Gasteiger charge is 2.12. The monoisotopic (exact) mass is 256 g/mol. The van der Waals surface area contributed by atoms with Gasteiger partial charge in [0.25, 0.3) is 0 Å². The summed E-state index contributed by atoms with van der Waals surface area (Å²) in [6, 6.07) is 0. The van der Waals surface area contributed by atoms with Crippen molar-refractivity contribution in [3.05, 3.63) is 15.6 Å². The molecule has 0 aliphatic heterocycles. The molecule has 17 heavy (non-hydrogen) atoms. The maximum atomic E-state index is 5.35. The maximum Gasteiger partial charge on any atom is 0.0954 e. The van der Waals surface area contributed by atoms with E-state index in [2.05, 4.69) is 38.0 Å². The molecule has 0 saturated carbocycles. The topological polar surface area (TPSA) is 34.1 Å². The van der Waals surface area contributed by atoms with Gasteiger partial charge in [0.1, 0.15) is 0 Å². The molecule has 0 amide bonds. The van der Waals surface area contributed by atoms with Gasteiger partial charge in [0, 0.05) is 30.0 Å². The fraction of sp³-hybridized carbons (Fsp3) is 0.769. The minimum absolute atomic E-state index is 0.155. The third kappa shape index (κ3) is 5.61. The van der Waals surface area contributed by atoms with Crippen LogP contribution in [0.4, 0.5) is 0 Å². The second-order valence-electron chi connectivity index (χ2n) is 5.17. The van der Waals surface area contributed by atoms with Gasteiger partial charge in [-0.05, 0) is 34.6 Å². The fourth-order valence-electron chi connectivity index (χ4n) is 1.41. The molecule has 4 heteroatoms. The molecule has 1 rings (SSSR count). The predicted octanol–water partition coefficient (Wildman–Crippen LogP) is 2.92. The molecular formula is C13H24N2OS. The lowest BCUT2D eigenvalue weighted by Gasteiger charge is -2.19. The Morgan fingerprint density at radius 3 is 2.65 bits per heavy atom. The Labute approximate surface area is 109 Å². The normalized spacial score (nSPS) is 12.1. The SMILES string of the molecule is CCOCCc1nc(C)c(CNC(C)(C)C)s1. The average molecular weight is 256 g/mol. The van der Waals surface area contributed by atoms with Crippen LogP contribution in [0.25, 0.3) is 0 Å². The average Bonchev–Trinajstić information content (AvgIpc) is 2.56. The van der Waals surface area contributed by atoms with Crippen molar-refractivity contribution in [3.8, 4) is 0 Å². The first kappa shape index (κ1) is 14.6. The summed E-state index contributed by atoms with van der Waals surface area (Å²) < 4.78 is 5.35. The molecule has 1 aromatic heterocycles. The van der Waals surface area contributed by atoms with E-state index in [1.165, 1.54) is 9.88 Å². The Morgan fingerprint density at radius 1 is 1.35 bits per heavy atom. The van der Waals surface area contributed by atoms with Crippen LogP contribution in [0.5, 0.6) is 0 Å². The van der Waals surface area contributed by atoms with Gasteiger partial charge in [0.05, 0.1) is 17.3 Å². The highest BCUT2D eigenvalue weighted by atomic mass is 32.1. The number of hydrogen-bond donors (Lipinski definition) is 1. The quantitative estimate of drug-likeness (QED) is 0.795. The van der Waals surface area contributed by atoms with Gasteiger partial charge >= 0.3 is 0 Å². The number of ether oxygens (including phenoxy) is 1. The third-order valence-electron chi connectivity index (χ3n) is 2.38. The Hall–Kier alpha value is -0.450. The summed E-state index contributed by atoms with van der Waals surface area (Å²) in [6.45, 7) is 13.1. The molecule has 0 aliphatic rings. The summed E-state index contributed by atoms with van der Waals surface area (Å²) >= 11 is 1.80. The molecule has 98 valence electrons. The Bertz CT molecular complexity index is 342. The summed E-state index contributed by atoms with van der Waals surface area (Å²) in [4.78, 5) is 5.92. The van der Waals surface area contributed by atoms with Gasteiger partial charge in [0.15, 0.2) is 0 Å². The van der Waals surface area contributed by atoms with Crippen molar-refractivity contribution in [3.63, 3.8) is 0 Å². The lowest BCUT2D eigenvalue weighted by Crippen LogP contribution is -2.34. The summed E-state index contributed by atoms with van der Waals surface area (Å²) in [6.07, 6.45) is 0.925. The van der Waals surface area contributed by atoms with Crippen LogP contribution >= 0.6 is 11.3 Å². The lowest BCUT2D eigenvalue weighted by molar-refractivity contribution is 0.151. The van der Waals surface area contributed by atoms with Crippen LogP contribution in [-0.2, 0) is 17.7 Å². The zero-order valence-corrected chi connectivity index (χ0v) is 12.4. The van der Waals surface area contributed by atoms with E-state index in [0.29, 0.717) is 0 Å². The molecular weight excluding hydrogens is 232 g/mol. The van der Waals surface area contributed by atoms with Crippen LogP contribution < -0.4 is 5.32 Å². The smallest absolute Gasteiger partial charge is 0.0954 e. The van der Waals surface area contributed by atoms with Crippen molar-refractivity contribution in [1.82, 2.24) is 10.3 Å². The van der Waals surface area contributed by atoms with Crippen LogP contribution in [-0.4, -0.2) is 23.7 Å². The summed E-state index contributed by atoms with van der Waals surface area (Å²) in [7, 11) is 0. The fourth-order valence-corrected chi connectivity index (χ4v) is 2.40. The number of rotatable bonds is 6. The number of aryl methyl sites for hydroxylation is 1. The minimum Gasteiger partial charge on any atom is -0.381 e. The molecule has 0 aromatic carbocycles. The Morgan fingerprint density at radius 2 is 2.06 bits per heavy atom. The second-order valence-corrected chi connectivity index (χ2v) is 6.33. The van der Waals surface area contributed by atoms with Crippen LogP contribution in [0, 0.1) is 6.92 Å². The summed E-state index contributed by atoms with van der Waals surface area (Å²) in [5.41, 5.74) is 1.31.